The molecule has 1 aliphatic rings. The molecule has 11 heteroatoms. The van der Waals surface area contributed by atoms with Crippen LogP contribution in [0.25, 0.3) is 10.2 Å². The fraction of sp³-hybridized carbons (Fsp3) is 0.500. The number of anilines is 1. The van der Waals surface area contributed by atoms with Crippen molar-refractivity contribution in [3.8, 4) is 5.75 Å². The van der Waals surface area contributed by atoms with Gasteiger partial charge in [-0.05, 0) is 25.0 Å². The van der Waals surface area contributed by atoms with E-state index in [2.05, 4.69) is 20.4 Å². The predicted molar refractivity (Wildman–Crippen MR) is 103 cm³/mol. The SMILES string of the molecule is CC(C)NCC(=O)N1CCC[C@H]1C(=O)Nc1nc2ccc(OC(F)(F)F)cc2s1. The van der Waals surface area contributed by atoms with Crippen LogP contribution in [0.3, 0.4) is 0 Å². The first-order valence-electron chi connectivity index (χ1n) is 9.12. The van der Waals surface area contributed by atoms with Crippen LogP contribution in [0.5, 0.6) is 5.75 Å². The number of aromatic nitrogens is 1. The molecule has 2 heterocycles. The molecule has 1 atom stereocenters. The van der Waals surface area contributed by atoms with Gasteiger partial charge in [0.05, 0.1) is 16.8 Å². The lowest BCUT2D eigenvalue weighted by atomic mass is 10.2. The maximum Gasteiger partial charge on any atom is 0.573 e. The topological polar surface area (TPSA) is 83.6 Å². The van der Waals surface area contributed by atoms with E-state index in [0.29, 0.717) is 23.2 Å². The molecule has 0 aliphatic carbocycles. The molecule has 1 aliphatic heterocycles. The van der Waals surface area contributed by atoms with E-state index in [1.165, 1.54) is 18.2 Å². The fourth-order valence-electron chi connectivity index (χ4n) is 3.08. The zero-order valence-electron chi connectivity index (χ0n) is 15.9. The molecule has 0 bridgehead atoms. The summed E-state index contributed by atoms with van der Waals surface area (Å²) in [7, 11) is 0. The van der Waals surface area contributed by atoms with Gasteiger partial charge in [-0.3, -0.25) is 9.59 Å². The van der Waals surface area contributed by atoms with Crippen molar-refractivity contribution in [1.82, 2.24) is 15.2 Å². The van der Waals surface area contributed by atoms with Crippen LogP contribution in [0, 0.1) is 0 Å². The highest BCUT2D eigenvalue weighted by Gasteiger charge is 2.34. The number of amides is 2. The number of hydrogen-bond donors (Lipinski definition) is 2. The maximum atomic E-state index is 12.7. The number of benzene rings is 1. The number of nitrogens with one attached hydrogen (secondary N) is 2. The molecule has 0 spiro atoms. The largest absolute Gasteiger partial charge is 0.573 e. The highest BCUT2D eigenvalue weighted by atomic mass is 32.1. The monoisotopic (exact) mass is 430 g/mol. The van der Waals surface area contributed by atoms with Gasteiger partial charge in [0, 0.05) is 18.7 Å². The average molecular weight is 430 g/mol. The number of nitrogens with zero attached hydrogens (tertiary/aromatic N) is 2. The van der Waals surface area contributed by atoms with Gasteiger partial charge in [0.15, 0.2) is 5.13 Å². The summed E-state index contributed by atoms with van der Waals surface area (Å²) in [5.74, 6) is -0.849. The van der Waals surface area contributed by atoms with Crippen molar-refractivity contribution >= 4 is 38.5 Å². The van der Waals surface area contributed by atoms with Crippen molar-refractivity contribution in [1.29, 1.82) is 0 Å². The highest BCUT2D eigenvalue weighted by molar-refractivity contribution is 7.22. The molecule has 2 amide bonds. The standard InChI is InChI=1S/C18H21F3N4O3S/c1-10(2)22-9-15(26)25-7-3-4-13(25)16(27)24-17-23-12-6-5-11(8-14(12)29-17)28-18(19,20)21/h5-6,8,10,13,22H,3-4,7,9H2,1-2H3,(H,23,24,27)/t13-/m0/s1. The van der Waals surface area contributed by atoms with Gasteiger partial charge in [0.25, 0.3) is 0 Å². The van der Waals surface area contributed by atoms with Gasteiger partial charge in [0.1, 0.15) is 11.8 Å². The van der Waals surface area contributed by atoms with Crippen LogP contribution in [0.4, 0.5) is 18.3 Å². The predicted octanol–water partition coefficient (Wildman–Crippen LogP) is 3.12. The van der Waals surface area contributed by atoms with Crippen LogP contribution in [0.15, 0.2) is 18.2 Å². The fourth-order valence-corrected chi connectivity index (χ4v) is 3.97. The minimum Gasteiger partial charge on any atom is -0.406 e. The normalized spacial score (nSPS) is 17.2. The number of carbonyl (C=O) groups is 2. The lowest BCUT2D eigenvalue weighted by Gasteiger charge is -2.24. The zero-order valence-corrected chi connectivity index (χ0v) is 16.7. The number of thiazole rings is 1. The second-order valence-electron chi connectivity index (χ2n) is 6.97. The minimum atomic E-state index is -4.78. The third kappa shape index (κ3) is 5.57. The first-order valence-corrected chi connectivity index (χ1v) is 9.94. The Labute approximate surface area is 169 Å². The second kappa shape index (κ2) is 8.54. The van der Waals surface area contributed by atoms with Crippen molar-refractivity contribution in [2.75, 3.05) is 18.4 Å². The van der Waals surface area contributed by atoms with Crippen LogP contribution >= 0.6 is 11.3 Å². The summed E-state index contributed by atoms with van der Waals surface area (Å²) in [5.41, 5.74) is 0.445. The molecule has 158 valence electrons. The molecular formula is C18H21F3N4O3S. The van der Waals surface area contributed by atoms with Gasteiger partial charge in [-0.25, -0.2) is 4.98 Å². The van der Waals surface area contributed by atoms with Crippen molar-refractivity contribution in [3.63, 3.8) is 0 Å². The number of carbonyl (C=O) groups excluding carboxylic acids is 2. The number of rotatable bonds is 6. The minimum absolute atomic E-state index is 0.144. The summed E-state index contributed by atoms with van der Waals surface area (Å²) in [4.78, 5) is 30.8. The summed E-state index contributed by atoms with van der Waals surface area (Å²) in [6.45, 7) is 4.53. The first kappa shape index (κ1) is 21.3. The number of alkyl halides is 3. The smallest absolute Gasteiger partial charge is 0.406 e. The van der Waals surface area contributed by atoms with Crippen molar-refractivity contribution in [3.05, 3.63) is 18.2 Å². The molecule has 1 aromatic carbocycles. The van der Waals surface area contributed by atoms with Gasteiger partial charge in [-0.1, -0.05) is 25.2 Å². The lowest BCUT2D eigenvalue weighted by Crippen LogP contribution is -2.47. The molecule has 1 aromatic heterocycles. The Kier molecular flexibility index (Phi) is 6.27. The highest BCUT2D eigenvalue weighted by Crippen LogP contribution is 2.32. The van der Waals surface area contributed by atoms with Gasteiger partial charge in [0.2, 0.25) is 11.8 Å². The van der Waals surface area contributed by atoms with Crippen LogP contribution in [0.1, 0.15) is 26.7 Å². The summed E-state index contributed by atoms with van der Waals surface area (Å²) in [5, 5.41) is 5.99. The molecule has 3 rings (SSSR count). The molecule has 0 radical (unpaired) electrons. The Morgan fingerprint density at radius 2 is 2.14 bits per heavy atom. The summed E-state index contributed by atoms with van der Waals surface area (Å²) in [6, 6.07) is 3.35. The Morgan fingerprint density at radius 1 is 1.38 bits per heavy atom. The quantitative estimate of drug-likeness (QED) is 0.736. The maximum absolute atomic E-state index is 12.7. The lowest BCUT2D eigenvalue weighted by molar-refractivity contribution is -0.274. The third-order valence-electron chi connectivity index (χ3n) is 4.36. The van der Waals surface area contributed by atoms with E-state index in [-0.39, 0.29) is 35.3 Å². The Hall–Kier alpha value is -2.40. The molecule has 2 N–H and O–H groups in total. The molecule has 2 aromatic rings. The Balaban J connectivity index is 1.68. The zero-order chi connectivity index (χ0) is 21.2. The van der Waals surface area contributed by atoms with Crippen molar-refractivity contribution in [2.24, 2.45) is 0 Å². The molecule has 0 saturated carbocycles. The van der Waals surface area contributed by atoms with E-state index in [9.17, 15) is 22.8 Å². The van der Waals surface area contributed by atoms with Crippen LogP contribution in [-0.4, -0.2) is 53.2 Å². The molecular weight excluding hydrogens is 409 g/mol. The second-order valence-corrected chi connectivity index (χ2v) is 8.00. The van der Waals surface area contributed by atoms with E-state index in [1.807, 2.05) is 13.8 Å². The summed E-state index contributed by atoms with van der Waals surface area (Å²) in [6.07, 6.45) is -3.50. The van der Waals surface area contributed by atoms with Gasteiger partial charge in [-0.15, -0.1) is 13.2 Å². The molecule has 1 fully saturated rings. The van der Waals surface area contributed by atoms with E-state index >= 15 is 0 Å². The number of likely N-dealkylation sites (tertiary alicyclic amines) is 1. The van der Waals surface area contributed by atoms with E-state index in [1.54, 1.807) is 4.90 Å². The van der Waals surface area contributed by atoms with Crippen LogP contribution < -0.4 is 15.4 Å². The van der Waals surface area contributed by atoms with Gasteiger partial charge in [-0.2, -0.15) is 0 Å². The van der Waals surface area contributed by atoms with Crippen LogP contribution in [-0.2, 0) is 9.59 Å². The average Bonchev–Trinajstić information content (AvgIpc) is 3.24. The number of fused-ring (bicyclic) bond motifs is 1. The van der Waals surface area contributed by atoms with Crippen molar-refractivity contribution < 1.29 is 27.5 Å². The first-order chi connectivity index (χ1) is 13.6. The number of hydrogen-bond acceptors (Lipinski definition) is 6. The Bertz CT molecular complexity index is 900. The molecule has 7 nitrogen and oxygen atoms in total. The molecule has 0 unspecified atom stereocenters. The van der Waals surface area contributed by atoms with E-state index in [4.69, 9.17) is 0 Å². The summed E-state index contributed by atoms with van der Waals surface area (Å²) < 4.78 is 41.4. The van der Waals surface area contributed by atoms with Gasteiger partial charge < -0.3 is 20.3 Å². The van der Waals surface area contributed by atoms with Crippen molar-refractivity contribution in [2.45, 2.75) is 45.1 Å². The van der Waals surface area contributed by atoms with E-state index < -0.39 is 12.4 Å². The third-order valence-corrected chi connectivity index (χ3v) is 5.29. The summed E-state index contributed by atoms with van der Waals surface area (Å²) >= 11 is 1.04. The Morgan fingerprint density at radius 3 is 2.83 bits per heavy atom. The van der Waals surface area contributed by atoms with E-state index in [0.717, 1.165) is 17.8 Å². The van der Waals surface area contributed by atoms with Gasteiger partial charge >= 0.3 is 6.36 Å². The number of halogens is 3. The molecule has 29 heavy (non-hydrogen) atoms. The van der Waals surface area contributed by atoms with Crippen LogP contribution in [0.2, 0.25) is 0 Å². The molecule has 1 saturated heterocycles. The number of ether oxygens (including phenoxy) is 1.